The highest BCUT2D eigenvalue weighted by Crippen LogP contribution is 2.27. The topological polar surface area (TPSA) is 43.1 Å². The van der Waals surface area contributed by atoms with Crippen LogP contribution in [0.25, 0.3) is 5.57 Å². The Kier molecular flexibility index (Phi) is 3.53. The fraction of sp³-hybridized carbons (Fsp3) is 0.250. The number of carbonyl (C=O) groups is 1. The van der Waals surface area contributed by atoms with Gasteiger partial charge in [-0.25, -0.2) is 0 Å². The first-order valence-electron chi connectivity index (χ1n) is 4.66. The van der Waals surface area contributed by atoms with Crippen molar-refractivity contribution in [2.45, 2.75) is 20.8 Å². The Bertz CT molecular complexity index is 435. The number of carbonyl (C=O) groups excluding carboxylic acids is 1. The number of halogens is 1. The third-order valence-electron chi connectivity index (χ3n) is 2.19. The molecule has 0 spiro atoms. The molecule has 1 aromatic rings. The molecule has 2 nitrogen and oxygen atoms in total. The number of aryl methyl sites for hydroxylation is 1. The van der Waals surface area contributed by atoms with Gasteiger partial charge in [0.15, 0.2) is 5.78 Å². The zero-order valence-corrected chi connectivity index (χ0v) is 9.85. The van der Waals surface area contributed by atoms with E-state index in [1.807, 2.05) is 19.9 Å². The second-order valence-electron chi connectivity index (χ2n) is 3.63. The standard InChI is InChI=1S/C12H14ClNO/c1-7(4-9(3)15)10-6-11(13)12(14)5-8(10)2/h4-6H,14H2,1-3H3/b7-4-. The molecular formula is C12H14ClNO. The van der Waals surface area contributed by atoms with Gasteiger partial charge in [0.05, 0.1) is 10.7 Å². The molecule has 0 aromatic heterocycles. The third-order valence-corrected chi connectivity index (χ3v) is 2.52. The van der Waals surface area contributed by atoms with Crippen molar-refractivity contribution in [1.29, 1.82) is 0 Å². The lowest BCUT2D eigenvalue weighted by Crippen LogP contribution is -1.93. The van der Waals surface area contributed by atoms with Crippen molar-refractivity contribution in [3.8, 4) is 0 Å². The molecule has 3 heteroatoms. The van der Waals surface area contributed by atoms with E-state index < -0.39 is 0 Å². The van der Waals surface area contributed by atoms with E-state index in [0.29, 0.717) is 10.7 Å². The van der Waals surface area contributed by atoms with Gasteiger partial charge in [0.1, 0.15) is 0 Å². The van der Waals surface area contributed by atoms with Crippen LogP contribution < -0.4 is 5.73 Å². The predicted octanol–water partition coefficient (Wildman–Crippen LogP) is 3.22. The summed E-state index contributed by atoms with van der Waals surface area (Å²) in [5.74, 6) is 0.0276. The normalized spacial score (nSPS) is 11.6. The SMILES string of the molecule is CC(=O)/C=C(/C)c1cc(Cl)c(N)cc1C. The monoisotopic (exact) mass is 223 g/mol. The van der Waals surface area contributed by atoms with Gasteiger partial charge < -0.3 is 5.73 Å². The predicted molar refractivity (Wildman–Crippen MR) is 64.9 cm³/mol. The minimum atomic E-state index is 0.0276. The van der Waals surface area contributed by atoms with Crippen molar-refractivity contribution in [2.24, 2.45) is 0 Å². The number of hydrogen-bond donors (Lipinski definition) is 1. The summed E-state index contributed by atoms with van der Waals surface area (Å²) >= 11 is 5.93. The fourth-order valence-electron chi connectivity index (χ4n) is 1.51. The molecule has 0 unspecified atom stereocenters. The van der Waals surface area contributed by atoms with Crippen molar-refractivity contribution in [2.75, 3.05) is 5.73 Å². The molecule has 15 heavy (non-hydrogen) atoms. The molecule has 0 aliphatic heterocycles. The van der Waals surface area contributed by atoms with Crippen LogP contribution in [0, 0.1) is 6.92 Å². The summed E-state index contributed by atoms with van der Waals surface area (Å²) in [7, 11) is 0. The molecule has 0 fully saturated rings. The largest absolute Gasteiger partial charge is 0.398 e. The van der Waals surface area contributed by atoms with Crippen molar-refractivity contribution in [3.63, 3.8) is 0 Å². The van der Waals surface area contributed by atoms with Crippen LogP contribution in [0.3, 0.4) is 0 Å². The zero-order chi connectivity index (χ0) is 11.6. The highest BCUT2D eigenvalue weighted by Gasteiger charge is 2.05. The van der Waals surface area contributed by atoms with E-state index in [4.69, 9.17) is 17.3 Å². The molecule has 0 aliphatic carbocycles. The van der Waals surface area contributed by atoms with Crippen molar-refractivity contribution in [1.82, 2.24) is 0 Å². The van der Waals surface area contributed by atoms with E-state index in [2.05, 4.69) is 0 Å². The molecule has 0 heterocycles. The molecule has 0 amide bonds. The van der Waals surface area contributed by atoms with Gasteiger partial charge in [-0.1, -0.05) is 11.6 Å². The van der Waals surface area contributed by atoms with E-state index in [9.17, 15) is 4.79 Å². The lowest BCUT2D eigenvalue weighted by atomic mass is 10.0. The van der Waals surface area contributed by atoms with Crippen LogP contribution in [0.5, 0.6) is 0 Å². The van der Waals surface area contributed by atoms with Gasteiger partial charge in [-0.15, -0.1) is 0 Å². The molecule has 0 aliphatic rings. The number of nitrogens with two attached hydrogens (primary N) is 1. The number of nitrogen functional groups attached to an aromatic ring is 1. The molecule has 0 bridgehead atoms. The van der Waals surface area contributed by atoms with Crippen LogP contribution in [0.1, 0.15) is 25.0 Å². The lowest BCUT2D eigenvalue weighted by Gasteiger charge is -2.08. The van der Waals surface area contributed by atoms with Gasteiger partial charge in [-0.3, -0.25) is 4.79 Å². The summed E-state index contributed by atoms with van der Waals surface area (Å²) in [6.07, 6.45) is 1.59. The van der Waals surface area contributed by atoms with Crippen molar-refractivity contribution >= 4 is 28.6 Å². The average Bonchev–Trinajstić information content (AvgIpc) is 2.09. The first-order valence-corrected chi connectivity index (χ1v) is 5.04. The van der Waals surface area contributed by atoms with Gasteiger partial charge in [0.2, 0.25) is 0 Å². The summed E-state index contributed by atoms with van der Waals surface area (Å²) in [6, 6.07) is 3.61. The summed E-state index contributed by atoms with van der Waals surface area (Å²) in [5, 5.41) is 0.520. The Labute approximate surface area is 94.7 Å². The van der Waals surface area contributed by atoms with Crippen LogP contribution >= 0.6 is 11.6 Å². The molecule has 80 valence electrons. The van der Waals surface area contributed by atoms with E-state index in [1.165, 1.54) is 6.92 Å². The maximum Gasteiger partial charge on any atom is 0.152 e. The van der Waals surface area contributed by atoms with E-state index >= 15 is 0 Å². The summed E-state index contributed by atoms with van der Waals surface area (Å²) < 4.78 is 0. The van der Waals surface area contributed by atoms with Crippen molar-refractivity contribution < 1.29 is 4.79 Å². The molecule has 1 aromatic carbocycles. The minimum Gasteiger partial charge on any atom is -0.398 e. The second kappa shape index (κ2) is 4.49. The third kappa shape index (κ3) is 2.83. The maximum absolute atomic E-state index is 11.0. The summed E-state index contributed by atoms with van der Waals surface area (Å²) in [5.41, 5.74) is 9.12. The van der Waals surface area contributed by atoms with E-state index in [1.54, 1.807) is 12.1 Å². The number of allylic oxidation sites excluding steroid dienone is 2. The van der Waals surface area contributed by atoms with Crippen LogP contribution in [-0.2, 0) is 4.79 Å². The first kappa shape index (κ1) is 11.8. The highest BCUT2D eigenvalue weighted by molar-refractivity contribution is 6.33. The number of ketones is 1. The Morgan fingerprint density at radius 3 is 2.53 bits per heavy atom. The number of hydrogen-bond acceptors (Lipinski definition) is 2. The van der Waals surface area contributed by atoms with Gasteiger partial charge in [0.25, 0.3) is 0 Å². The smallest absolute Gasteiger partial charge is 0.152 e. The van der Waals surface area contributed by atoms with Gasteiger partial charge >= 0.3 is 0 Å². The number of rotatable bonds is 2. The lowest BCUT2D eigenvalue weighted by molar-refractivity contribution is -0.112. The molecular weight excluding hydrogens is 210 g/mol. The van der Waals surface area contributed by atoms with Gasteiger partial charge in [-0.05, 0) is 55.7 Å². The zero-order valence-electron chi connectivity index (χ0n) is 9.10. The molecule has 2 N–H and O–H groups in total. The molecule has 0 atom stereocenters. The van der Waals surface area contributed by atoms with E-state index in [-0.39, 0.29) is 5.78 Å². The van der Waals surface area contributed by atoms with Crippen molar-refractivity contribution in [3.05, 3.63) is 34.4 Å². The number of anilines is 1. The summed E-state index contributed by atoms with van der Waals surface area (Å²) in [4.78, 5) is 11.0. The maximum atomic E-state index is 11.0. The van der Waals surface area contributed by atoms with Gasteiger partial charge in [-0.2, -0.15) is 0 Å². The fourth-order valence-corrected chi connectivity index (χ4v) is 1.67. The average molecular weight is 224 g/mol. The van der Waals surface area contributed by atoms with Gasteiger partial charge in [0, 0.05) is 0 Å². The highest BCUT2D eigenvalue weighted by atomic mass is 35.5. The quantitative estimate of drug-likeness (QED) is 0.618. The summed E-state index contributed by atoms with van der Waals surface area (Å²) in [6.45, 7) is 5.35. The second-order valence-corrected chi connectivity index (χ2v) is 4.03. The first-order chi connectivity index (χ1) is 6.91. The molecule has 0 saturated carbocycles. The minimum absolute atomic E-state index is 0.0276. The molecule has 0 saturated heterocycles. The van der Waals surface area contributed by atoms with E-state index in [0.717, 1.165) is 16.7 Å². The number of benzene rings is 1. The van der Waals surface area contributed by atoms with Crippen LogP contribution in [-0.4, -0.2) is 5.78 Å². The van der Waals surface area contributed by atoms with Crippen LogP contribution in [0.4, 0.5) is 5.69 Å². The Hall–Kier alpha value is -1.28. The molecule has 0 radical (unpaired) electrons. The Balaban J connectivity index is 3.26. The van der Waals surface area contributed by atoms with Crippen LogP contribution in [0.15, 0.2) is 18.2 Å². The Morgan fingerprint density at radius 1 is 1.40 bits per heavy atom. The molecule has 1 rings (SSSR count). The van der Waals surface area contributed by atoms with Crippen LogP contribution in [0.2, 0.25) is 5.02 Å². The Morgan fingerprint density at radius 2 is 2.00 bits per heavy atom.